The number of alkyl halides is 6. The summed E-state index contributed by atoms with van der Waals surface area (Å²) in [5.74, 6) is -0.343. The number of sulfonamides is 1. The van der Waals surface area contributed by atoms with Crippen LogP contribution < -0.4 is 4.74 Å². The van der Waals surface area contributed by atoms with Gasteiger partial charge in [0.25, 0.3) is 0 Å². The van der Waals surface area contributed by atoms with Crippen LogP contribution in [0, 0.1) is 0 Å². The van der Waals surface area contributed by atoms with Crippen LogP contribution in [0.3, 0.4) is 0 Å². The predicted octanol–water partition coefficient (Wildman–Crippen LogP) is 4.96. The summed E-state index contributed by atoms with van der Waals surface area (Å²) in [6, 6.07) is 8.15. The zero-order valence-corrected chi connectivity index (χ0v) is 16.2. The van der Waals surface area contributed by atoms with Gasteiger partial charge in [-0.15, -0.1) is 0 Å². The topological polar surface area (TPSA) is 46.6 Å². The Kier molecular flexibility index (Phi) is 6.06. The van der Waals surface area contributed by atoms with Crippen LogP contribution in [-0.4, -0.2) is 31.9 Å². The first-order valence-electron chi connectivity index (χ1n) is 8.89. The molecule has 0 aromatic heterocycles. The number of ether oxygens (including phenoxy) is 1. The van der Waals surface area contributed by atoms with Gasteiger partial charge in [0, 0.05) is 13.1 Å². The van der Waals surface area contributed by atoms with Gasteiger partial charge in [-0.3, -0.25) is 0 Å². The fourth-order valence-corrected chi connectivity index (χ4v) is 4.67. The van der Waals surface area contributed by atoms with Crippen molar-refractivity contribution in [3.8, 4) is 5.75 Å². The molecule has 0 N–H and O–H groups in total. The van der Waals surface area contributed by atoms with Crippen molar-refractivity contribution < 1.29 is 39.5 Å². The van der Waals surface area contributed by atoms with Gasteiger partial charge in [-0.25, -0.2) is 8.42 Å². The Morgan fingerprint density at radius 3 is 2.10 bits per heavy atom. The van der Waals surface area contributed by atoms with Crippen LogP contribution in [0.25, 0.3) is 0 Å². The van der Waals surface area contributed by atoms with Crippen LogP contribution in [0.5, 0.6) is 5.75 Å². The highest BCUT2D eigenvalue weighted by Crippen LogP contribution is 2.37. The molecular formula is C19H17F6NO3S. The summed E-state index contributed by atoms with van der Waals surface area (Å²) >= 11 is 0. The SMILES string of the molecule is O=S(=O)(c1cccc(C(F)(F)F)c1)N1CCC(Oc2ccccc2C(F)(F)F)CC1. The molecule has 2 aromatic rings. The number of piperidine rings is 1. The van der Waals surface area contributed by atoms with Crippen molar-refractivity contribution in [2.24, 2.45) is 0 Å². The summed E-state index contributed by atoms with van der Waals surface area (Å²) in [7, 11) is -4.17. The smallest absolute Gasteiger partial charge is 0.419 e. The molecule has 30 heavy (non-hydrogen) atoms. The highest BCUT2D eigenvalue weighted by Gasteiger charge is 2.37. The summed E-state index contributed by atoms with van der Waals surface area (Å²) in [5, 5.41) is 0. The van der Waals surface area contributed by atoms with Crippen LogP contribution in [0.15, 0.2) is 53.4 Å². The normalized spacial score (nSPS) is 17.1. The second-order valence-corrected chi connectivity index (χ2v) is 8.68. The Hall–Kier alpha value is -2.27. The van der Waals surface area contributed by atoms with Crippen LogP contribution in [0.4, 0.5) is 26.3 Å². The van der Waals surface area contributed by atoms with Crippen LogP contribution >= 0.6 is 0 Å². The minimum atomic E-state index is -4.68. The lowest BCUT2D eigenvalue weighted by atomic mass is 10.1. The van der Waals surface area contributed by atoms with Crippen LogP contribution in [-0.2, 0) is 22.4 Å². The Bertz CT molecular complexity index is 996. The number of benzene rings is 2. The van der Waals surface area contributed by atoms with Gasteiger partial charge >= 0.3 is 12.4 Å². The van der Waals surface area contributed by atoms with Crippen molar-refractivity contribution in [1.82, 2.24) is 4.31 Å². The standard InChI is InChI=1S/C19H17F6NO3S/c20-18(21,22)13-4-3-5-15(12-13)30(27,28)26-10-8-14(9-11-26)29-17-7-2-1-6-16(17)19(23,24)25/h1-7,12,14H,8-11H2. The molecule has 1 heterocycles. The van der Waals surface area contributed by atoms with E-state index in [0.29, 0.717) is 6.07 Å². The summed E-state index contributed by atoms with van der Waals surface area (Å²) < 4.78 is 110. The molecule has 2 aromatic carbocycles. The van der Waals surface area contributed by atoms with Gasteiger partial charge in [0.2, 0.25) is 10.0 Å². The third-order valence-corrected chi connectivity index (χ3v) is 6.58. The molecule has 0 unspecified atom stereocenters. The Morgan fingerprint density at radius 1 is 0.867 bits per heavy atom. The quantitative estimate of drug-likeness (QED) is 0.615. The van der Waals surface area contributed by atoms with E-state index in [1.807, 2.05) is 0 Å². The molecule has 0 atom stereocenters. The monoisotopic (exact) mass is 453 g/mol. The van der Waals surface area contributed by atoms with Crippen molar-refractivity contribution in [1.29, 1.82) is 0 Å². The van der Waals surface area contributed by atoms with Gasteiger partial charge in [0.1, 0.15) is 11.9 Å². The van der Waals surface area contributed by atoms with E-state index in [4.69, 9.17) is 4.74 Å². The van der Waals surface area contributed by atoms with E-state index in [2.05, 4.69) is 0 Å². The van der Waals surface area contributed by atoms with E-state index in [-0.39, 0.29) is 31.7 Å². The minimum Gasteiger partial charge on any atom is -0.490 e. The average Bonchev–Trinajstić information content (AvgIpc) is 2.67. The molecule has 1 aliphatic rings. The third kappa shape index (κ3) is 4.89. The second-order valence-electron chi connectivity index (χ2n) is 6.74. The molecule has 3 rings (SSSR count). The summed E-state index contributed by atoms with van der Waals surface area (Å²) in [6.45, 7) is -0.172. The molecule has 0 radical (unpaired) electrons. The lowest BCUT2D eigenvalue weighted by Crippen LogP contribution is -2.41. The molecule has 0 spiro atoms. The average molecular weight is 453 g/mol. The molecular weight excluding hydrogens is 436 g/mol. The van der Waals surface area contributed by atoms with Crippen molar-refractivity contribution in [3.05, 3.63) is 59.7 Å². The van der Waals surface area contributed by atoms with E-state index >= 15 is 0 Å². The van der Waals surface area contributed by atoms with Gasteiger partial charge in [0.05, 0.1) is 16.0 Å². The Balaban J connectivity index is 1.70. The van der Waals surface area contributed by atoms with Crippen molar-refractivity contribution >= 4 is 10.0 Å². The highest BCUT2D eigenvalue weighted by atomic mass is 32.2. The van der Waals surface area contributed by atoms with Gasteiger partial charge in [0.15, 0.2) is 0 Å². The molecule has 164 valence electrons. The minimum absolute atomic E-state index is 0.0859. The summed E-state index contributed by atoms with van der Waals surface area (Å²) in [6.07, 6.45) is -9.72. The third-order valence-electron chi connectivity index (χ3n) is 4.69. The van der Waals surface area contributed by atoms with Crippen LogP contribution in [0.2, 0.25) is 0 Å². The first-order chi connectivity index (χ1) is 13.9. The lowest BCUT2D eigenvalue weighted by molar-refractivity contribution is -0.139. The first kappa shape index (κ1) is 22.4. The van der Waals surface area contributed by atoms with Crippen molar-refractivity contribution in [3.63, 3.8) is 0 Å². The highest BCUT2D eigenvalue weighted by molar-refractivity contribution is 7.89. The number of halogens is 6. The van der Waals surface area contributed by atoms with Gasteiger partial charge < -0.3 is 4.74 Å². The number of nitrogens with zero attached hydrogens (tertiary/aromatic N) is 1. The Morgan fingerprint density at radius 2 is 1.50 bits per heavy atom. The molecule has 1 aliphatic heterocycles. The number of hydrogen-bond acceptors (Lipinski definition) is 3. The number of para-hydroxylation sites is 1. The molecule has 0 bridgehead atoms. The molecule has 4 nitrogen and oxygen atoms in total. The maximum absolute atomic E-state index is 13.1. The summed E-state index contributed by atoms with van der Waals surface area (Å²) in [5.41, 5.74) is -2.01. The number of hydrogen-bond donors (Lipinski definition) is 0. The van der Waals surface area contributed by atoms with Gasteiger partial charge in [-0.1, -0.05) is 18.2 Å². The fraction of sp³-hybridized carbons (Fsp3) is 0.368. The van der Waals surface area contributed by atoms with Crippen molar-refractivity contribution in [2.75, 3.05) is 13.1 Å². The predicted molar refractivity (Wildman–Crippen MR) is 95.3 cm³/mol. The molecule has 1 saturated heterocycles. The van der Waals surface area contributed by atoms with Crippen molar-refractivity contribution in [2.45, 2.75) is 36.2 Å². The number of rotatable bonds is 4. The lowest BCUT2D eigenvalue weighted by Gasteiger charge is -2.32. The first-order valence-corrected chi connectivity index (χ1v) is 10.3. The molecule has 0 saturated carbocycles. The maximum atomic E-state index is 13.1. The largest absolute Gasteiger partial charge is 0.490 e. The zero-order chi connectivity index (χ0) is 22.2. The molecule has 11 heteroatoms. The van der Waals surface area contributed by atoms with Crippen LogP contribution in [0.1, 0.15) is 24.0 Å². The summed E-state index contributed by atoms with van der Waals surface area (Å²) in [4.78, 5) is -0.487. The van der Waals surface area contributed by atoms with E-state index < -0.39 is 44.5 Å². The van der Waals surface area contributed by atoms with Gasteiger partial charge in [-0.05, 0) is 43.2 Å². The Labute approximate surface area is 169 Å². The fourth-order valence-electron chi connectivity index (χ4n) is 3.16. The molecule has 0 amide bonds. The van der Waals surface area contributed by atoms with E-state index in [0.717, 1.165) is 28.6 Å². The van der Waals surface area contributed by atoms with E-state index in [1.165, 1.54) is 18.2 Å². The van der Waals surface area contributed by atoms with E-state index in [1.54, 1.807) is 0 Å². The maximum Gasteiger partial charge on any atom is 0.419 e. The van der Waals surface area contributed by atoms with E-state index in [9.17, 15) is 34.8 Å². The zero-order valence-electron chi connectivity index (χ0n) is 15.4. The molecule has 1 fully saturated rings. The van der Waals surface area contributed by atoms with Gasteiger partial charge in [-0.2, -0.15) is 30.6 Å². The molecule has 0 aliphatic carbocycles. The second kappa shape index (κ2) is 8.10.